The predicted molar refractivity (Wildman–Crippen MR) is 102 cm³/mol. The van der Waals surface area contributed by atoms with E-state index in [0.29, 0.717) is 5.88 Å². The number of nitrogens with one attached hydrogen (secondary N) is 1. The number of fused-ring (bicyclic) bond motifs is 1. The fraction of sp³-hybridized carbons (Fsp3) is 0.333. The van der Waals surface area contributed by atoms with Gasteiger partial charge in [-0.15, -0.1) is 24.0 Å². The second kappa shape index (κ2) is 8.36. The molecule has 0 spiro atoms. The molecule has 3 rings (SSSR count). The maximum Gasteiger partial charge on any atom is 0.178 e. The van der Waals surface area contributed by atoms with Gasteiger partial charge in [0, 0.05) is 18.6 Å². The molecule has 2 aromatic heterocycles. The number of rotatable bonds is 6. The van der Waals surface area contributed by atoms with Crippen molar-refractivity contribution in [1.82, 2.24) is 14.6 Å². The topological polar surface area (TPSA) is 42.2 Å². The number of pyridine rings is 1. The summed E-state index contributed by atoms with van der Waals surface area (Å²) in [6, 6.07) is 10.6. The van der Waals surface area contributed by atoms with E-state index in [1.807, 2.05) is 13.1 Å². The standard InChI is InChI=1S/C18H21ClN4.ClH/c1-3-6-15-7-4-5-8-16(15)11-20-17-9-14(10-19)12-23-18(17)21-13(2)22-23;/h4-5,7-9,12,20H,3,6,10-11H2,1-2H3;1H. The molecule has 0 aliphatic rings. The van der Waals surface area contributed by atoms with Gasteiger partial charge in [-0.25, -0.2) is 9.50 Å². The first-order valence-corrected chi connectivity index (χ1v) is 8.47. The maximum absolute atomic E-state index is 6.00. The van der Waals surface area contributed by atoms with Crippen LogP contribution in [-0.2, 0) is 18.8 Å². The molecule has 2 heterocycles. The molecule has 0 radical (unpaired) electrons. The number of hydrogen-bond donors (Lipinski definition) is 1. The number of nitrogens with zero attached hydrogens (tertiary/aromatic N) is 3. The Kier molecular flexibility index (Phi) is 6.46. The van der Waals surface area contributed by atoms with Crippen LogP contribution in [0.25, 0.3) is 5.65 Å². The third-order valence-electron chi connectivity index (χ3n) is 3.86. The van der Waals surface area contributed by atoms with Gasteiger partial charge in [0.25, 0.3) is 0 Å². The van der Waals surface area contributed by atoms with Crippen molar-refractivity contribution in [2.45, 2.75) is 39.1 Å². The fourth-order valence-electron chi connectivity index (χ4n) is 2.78. The van der Waals surface area contributed by atoms with E-state index in [2.05, 4.69) is 52.7 Å². The molecule has 128 valence electrons. The average molecular weight is 365 g/mol. The Hall–Kier alpha value is -1.78. The normalized spacial score (nSPS) is 10.6. The van der Waals surface area contributed by atoms with E-state index in [1.54, 1.807) is 4.52 Å². The van der Waals surface area contributed by atoms with Crippen molar-refractivity contribution in [3.8, 4) is 0 Å². The number of benzene rings is 1. The number of anilines is 1. The van der Waals surface area contributed by atoms with Crippen molar-refractivity contribution in [3.05, 3.63) is 59.0 Å². The van der Waals surface area contributed by atoms with Crippen LogP contribution in [0, 0.1) is 6.92 Å². The zero-order valence-electron chi connectivity index (χ0n) is 13.9. The Bertz CT molecular complexity index is 814. The lowest BCUT2D eigenvalue weighted by Gasteiger charge is -2.12. The molecule has 0 fully saturated rings. The van der Waals surface area contributed by atoms with Gasteiger partial charge in [-0.3, -0.25) is 0 Å². The Morgan fingerprint density at radius 3 is 2.67 bits per heavy atom. The molecule has 1 N–H and O–H groups in total. The maximum atomic E-state index is 6.00. The highest BCUT2D eigenvalue weighted by Crippen LogP contribution is 2.21. The molecule has 6 heteroatoms. The molecule has 0 saturated heterocycles. The van der Waals surface area contributed by atoms with Crippen LogP contribution in [-0.4, -0.2) is 14.6 Å². The minimum atomic E-state index is 0. The average Bonchev–Trinajstić information content (AvgIpc) is 2.94. The number of aryl methyl sites for hydroxylation is 2. The van der Waals surface area contributed by atoms with E-state index in [0.717, 1.165) is 42.1 Å². The Morgan fingerprint density at radius 2 is 1.96 bits per heavy atom. The monoisotopic (exact) mass is 364 g/mol. The molecule has 1 aromatic carbocycles. The Labute approximate surface area is 153 Å². The lowest BCUT2D eigenvalue weighted by atomic mass is 10.0. The molecule has 3 aromatic rings. The summed E-state index contributed by atoms with van der Waals surface area (Å²) in [4.78, 5) is 4.51. The Morgan fingerprint density at radius 1 is 1.21 bits per heavy atom. The lowest BCUT2D eigenvalue weighted by molar-refractivity contribution is 0.899. The predicted octanol–water partition coefficient (Wildman–Crippen LogP) is 4.76. The van der Waals surface area contributed by atoms with E-state index in [9.17, 15) is 0 Å². The van der Waals surface area contributed by atoms with E-state index in [-0.39, 0.29) is 12.4 Å². The van der Waals surface area contributed by atoms with Gasteiger partial charge in [0.2, 0.25) is 0 Å². The smallest absolute Gasteiger partial charge is 0.178 e. The molecule has 0 unspecified atom stereocenters. The summed E-state index contributed by atoms with van der Waals surface area (Å²) in [5.74, 6) is 1.21. The molecular formula is C18H22Cl2N4. The van der Waals surface area contributed by atoms with Crippen molar-refractivity contribution in [2.75, 3.05) is 5.32 Å². The van der Waals surface area contributed by atoms with Gasteiger partial charge in [-0.05, 0) is 36.1 Å². The molecule has 4 nitrogen and oxygen atoms in total. The first kappa shape index (κ1) is 18.6. The van der Waals surface area contributed by atoms with E-state index in [1.165, 1.54) is 11.1 Å². The van der Waals surface area contributed by atoms with Crippen LogP contribution < -0.4 is 5.32 Å². The largest absolute Gasteiger partial charge is 0.378 e. The van der Waals surface area contributed by atoms with Crippen molar-refractivity contribution < 1.29 is 0 Å². The summed E-state index contributed by atoms with van der Waals surface area (Å²) in [6.07, 6.45) is 4.17. The summed E-state index contributed by atoms with van der Waals surface area (Å²) >= 11 is 6.00. The van der Waals surface area contributed by atoms with Crippen LogP contribution in [0.4, 0.5) is 5.69 Å². The van der Waals surface area contributed by atoms with Gasteiger partial charge >= 0.3 is 0 Å². The molecule has 0 amide bonds. The highest BCUT2D eigenvalue weighted by molar-refractivity contribution is 6.17. The fourth-order valence-corrected chi connectivity index (χ4v) is 2.93. The van der Waals surface area contributed by atoms with Crippen LogP contribution in [0.2, 0.25) is 0 Å². The molecule has 0 atom stereocenters. The number of aromatic nitrogens is 3. The quantitative estimate of drug-likeness (QED) is 0.641. The minimum absolute atomic E-state index is 0. The zero-order chi connectivity index (χ0) is 16.2. The van der Waals surface area contributed by atoms with Gasteiger partial charge in [-0.2, -0.15) is 5.10 Å². The summed E-state index contributed by atoms with van der Waals surface area (Å²) < 4.78 is 1.80. The highest BCUT2D eigenvalue weighted by atomic mass is 35.5. The second-order valence-corrected chi connectivity index (χ2v) is 5.96. The molecule has 0 saturated carbocycles. The Balaban J connectivity index is 0.00000208. The van der Waals surface area contributed by atoms with Gasteiger partial charge in [0.15, 0.2) is 5.65 Å². The van der Waals surface area contributed by atoms with E-state index < -0.39 is 0 Å². The van der Waals surface area contributed by atoms with Gasteiger partial charge < -0.3 is 5.32 Å². The summed E-state index contributed by atoms with van der Waals surface area (Å²) in [6.45, 7) is 4.87. The van der Waals surface area contributed by atoms with Gasteiger partial charge in [-0.1, -0.05) is 37.6 Å². The summed E-state index contributed by atoms with van der Waals surface area (Å²) in [5, 5.41) is 7.90. The number of halogens is 2. The van der Waals surface area contributed by atoms with Crippen LogP contribution in [0.1, 0.15) is 35.9 Å². The molecule has 0 aliphatic heterocycles. The second-order valence-electron chi connectivity index (χ2n) is 5.70. The van der Waals surface area contributed by atoms with Crippen molar-refractivity contribution in [1.29, 1.82) is 0 Å². The summed E-state index contributed by atoms with van der Waals surface area (Å²) in [7, 11) is 0. The van der Waals surface area contributed by atoms with Gasteiger partial charge in [0.1, 0.15) is 5.82 Å². The minimum Gasteiger partial charge on any atom is -0.378 e. The molecule has 0 aliphatic carbocycles. The SMILES string of the molecule is CCCc1ccccc1CNc1cc(CCl)cn2nc(C)nc12.Cl. The van der Waals surface area contributed by atoms with E-state index in [4.69, 9.17) is 11.6 Å². The first-order valence-electron chi connectivity index (χ1n) is 7.93. The number of hydrogen-bond acceptors (Lipinski definition) is 3. The van der Waals surface area contributed by atoms with Gasteiger partial charge in [0.05, 0.1) is 5.69 Å². The van der Waals surface area contributed by atoms with Crippen LogP contribution in [0.15, 0.2) is 36.5 Å². The van der Waals surface area contributed by atoms with Crippen molar-refractivity contribution >= 4 is 35.3 Å². The first-order chi connectivity index (χ1) is 11.2. The molecular weight excluding hydrogens is 343 g/mol. The van der Waals surface area contributed by atoms with Crippen LogP contribution in [0.5, 0.6) is 0 Å². The van der Waals surface area contributed by atoms with Crippen LogP contribution in [0.3, 0.4) is 0 Å². The highest BCUT2D eigenvalue weighted by Gasteiger charge is 2.09. The lowest BCUT2D eigenvalue weighted by Crippen LogP contribution is -2.05. The third-order valence-corrected chi connectivity index (χ3v) is 4.17. The zero-order valence-corrected chi connectivity index (χ0v) is 15.5. The van der Waals surface area contributed by atoms with E-state index >= 15 is 0 Å². The van der Waals surface area contributed by atoms with Crippen molar-refractivity contribution in [2.24, 2.45) is 0 Å². The van der Waals surface area contributed by atoms with Crippen LogP contribution >= 0.6 is 24.0 Å². The summed E-state index contributed by atoms with van der Waals surface area (Å²) in [5.41, 5.74) is 5.54. The molecule has 24 heavy (non-hydrogen) atoms. The number of alkyl halides is 1. The van der Waals surface area contributed by atoms with Crippen molar-refractivity contribution in [3.63, 3.8) is 0 Å². The molecule has 0 bridgehead atoms. The third kappa shape index (κ3) is 4.00.